The summed E-state index contributed by atoms with van der Waals surface area (Å²) >= 11 is 12.4. The Morgan fingerprint density at radius 3 is 2.32 bits per heavy atom. The number of nitrogens with zero attached hydrogens (tertiary/aromatic N) is 4. The molecule has 0 atom stereocenters. The van der Waals surface area contributed by atoms with Gasteiger partial charge in [0.1, 0.15) is 0 Å². The first-order valence-corrected chi connectivity index (χ1v) is 13.2. The maximum Gasteiger partial charge on any atom is 0.278 e. The lowest BCUT2D eigenvalue weighted by molar-refractivity contribution is -0.134. The van der Waals surface area contributed by atoms with Gasteiger partial charge in [0, 0.05) is 57.4 Å². The molecular formula is C27H28Cl2N6O3. The number of rotatable bonds is 7. The SMILES string of the molecule is Cn1cc(NC(=O)c2cccc(CN3CCN(C(=O)C4CC4)CC3)c2)c(C(=O)Nc2c(Cl)cccc2Cl)n1. The third-order valence-electron chi connectivity index (χ3n) is 6.70. The zero-order chi connectivity index (χ0) is 26.8. The fraction of sp³-hybridized carbons (Fsp3) is 0.333. The summed E-state index contributed by atoms with van der Waals surface area (Å²) in [5.41, 5.74) is 2.03. The van der Waals surface area contributed by atoms with Crippen molar-refractivity contribution in [1.82, 2.24) is 19.6 Å². The highest BCUT2D eigenvalue weighted by Crippen LogP contribution is 2.32. The molecular weight excluding hydrogens is 527 g/mol. The van der Waals surface area contributed by atoms with Crippen molar-refractivity contribution in [3.05, 3.63) is 75.5 Å². The van der Waals surface area contributed by atoms with E-state index in [0.717, 1.165) is 44.6 Å². The van der Waals surface area contributed by atoms with Crippen LogP contribution >= 0.6 is 23.2 Å². The summed E-state index contributed by atoms with van der Waals surface area (Å²) in [7, 11) is 1.66. The number of halogens is 2. The molecule has 3 aromatic rings. The third-order valence-corrected chi connectivity index (χ3v) is 7.33. The summed E-state index contributed by atoms with van der Waals surface area (Å²) in [6.07, 6.45) is 3.61. The molecule has 2 heterocycles. The zero-order valence-electron chi connectivity index (χ0n) is 20.9. The Bertz CT molecular complexity index is 1360. The number of para-hydroxylation sites is 1. The minimum absolute atomic E-state index is 0.0339. The molecule has 0 spiro atoms. The molecule has 1 aliphatic heterocycles. The van der Waals surface area contributed by atoms with E-state index in [4.69, 9.17) is 23.2 Å². The van der Waals surface area contributed by atoms with Crippen LogP contribution in [0.3, 0.4) is 0 Å². The van der Waals surface area contributed by atoms with E-state index in [1.807, 2.05) is 23.1 Å². The molecule has 1 aromatic heterocycles. The number of anilines is 2. The number of piperazine rings is 1. The summed E-state index contributed by atoms with van der Waals surface area (Å²) in [5, 5.41) is 10.3. The molecule has 2 aliphatic rings. The van der Waals surface area contributed by atoms with Crippen LogP contribution in [0.5, 0.6) is 0 Å². The Kier molecular flexibility index (Phi) is 7.69. The Morgan fingerprint density at radius 2 is 1.63 bits per heavy atom. The van der Waals surface area contributed by atoms with Gasteiger partial charge in [-0.05, 0) is 42.7 Å². The number of amides is 3. The van der Waals surface area contributed by atoms with Gasteiger partial charge in [-0.15, -0.1) is 0 Å². The minimum Gasteiger partial charge on any atom is -0.340 e. The van der Waals surface area contributed by atoms with E-state index >= 15 is 0 Å². The largest absolute Gasteiger partial charge is 0.340 e. The van der Waals surface area contributed by atoms with Gasteiger partial charge in [0.2, 0.25) is 5.91 Å². The summed E-state index contributed by atoms with van der Waals surface area (Å²) < 4.78 is 1.45. The number of aryl methyl sites for hydroxylation is 1. The first-order chi connectivity index (χ1) is 18.3. The fourth-order valence-corrected chi connectivity index (χ4v) is 5.01. The van der Waals surface area contributed by atoms with Crippen LogP contribution in [0, 0.1) is 5.92 Å². The van der Waals surface area contributed by atoms with E-state index in [0.29, 0.717) is 28.1 Å². The standard InChI is InChI=1S/C27H28Cl2N6O3/c1-33-16-22(24(32-33)26(37)31-23-20(28)6-3-7-21(23)29)30-25(36)19-5-2-4-17(14-19)15-34-10-12-35(13-11-34)27(38)18-8-9-18/h2-7,14,16,18H,8-13,15H2,1H3,(H,30,36)(H,31,37). The summed E-state index contributed by atoms with van der Waals surface area (Å²) in [6.45, 7) is 3.77. The molecule has 5 rings (SSSR count). The molecule has 1 saturated heterocycles. The fourth-order valence-electron chi connectivity index (χ4n) is 4.52. The molecule has 2 N–H and O–H groups in total. The van der Waals surface area contributed by atoms with Crippen LogP contribution in [0.2, 0.25) is 10.0 Å². The van der Waals surface area contributed by atoms with Crippen molar-refractivity contribution in [3.63, 3.8) is 0 Å². The number of hydrogen-bond donors (Lipinski definition) is 2. The molecule has 2 aromatic carbocycles. The Hall–Kier alpha value is -3.40. The van der Waals surface area contributed by atoms with E-state index in [9.17, 15) is 14.4 Å². The molecule has 1 aliphatic carbocycles. The zero-order valence-corrected chi connectivity index (χ0v) is 22.4. The van der Waals surface area contributed by atoms with E-state index in [-0.39, 0.29) is 28.9 Å². The highest BCUT2D eigenvalue weighted by molar-refractivity contribution is 6.40. The summed E-state index contributed by atoms with van der Waals surface area (Å²) in [6, 6.07) is 12.3. The topological polar surface area (TPSA) is 99.6 Å². The van der Waals surface area contributed by atoms with Crippen LogP contribution in [0.1, 0.15) is 39.3 Å². The van der Waals surface area contributed by atoms with Crippen LogP contribution in [0.4, 0.5) is 11.4 Å². The maximum absolute atomic E-state index is 13.1. The second kappa shape index (κ2) is 11.1. The molecule has 0 unspecified atom stereocenters. The average molecular weight is 555 g/mol. The van der Waals surface area contributed by atoms with Gasteiger partial charge in [0.15, 0.2) is 5.69 Å². The van der Waals surface area contributed by atoms with Crippen LogP contribution in [-0.4, -0.2) is 63.5 Å². The van der Waals surface area contributed by atoms with Gasteiger partial charge < -0.3 is 15.5 Å². The van der Waals surface area contributed by atoms with Crippen LogP contribution in [0.15, 0.2) is 48.7 Å². The minimum atomic E-state index is -0.552. The number of hydrogen-bond acceptors (Lipinski definition) is 5. The van der Waals surface area contributed by atoms with Gasteiger partial charge in [0.05, 0.1) is 21.4 Å². The lowest BCUT2D eigenvalue weighted by Crippen LogP contribution is -2.48. The Balaban J connectivity index is 1.22. The van der Waals surface area contributed by atoms with E-state index in [1.165, 1.54) is 4.68 Å². The van der Waals surface area contributed by atoms with Crippen molar-refractivity contribution >= 4 is 52.3 Å². The van der Waals surface area contributed by atoms with Crippen molar-refractivity contribution in [3.8, 4) is 0 Å². The van der Waals surface area contributed by atoms with Crippen LogP contribution < -0.4 is 10.6 Å². The smallest absolute Gasteiger partial charge is 0.278 e. The van der Waals surface area contributed by atoms with Crippen molar-refractivity contribution in [2.45, 2.75) is 19.4 Å². The van der Waals surface area contributed by atoms with Crippen LogP contribution in [-0.2, 0) is 18.4 Å². The monoisotopic (exact) mass is 554 g/mol. The molecule has 0 bridgehead atoms. The highest BCUT2D eigenvalue weighted by Gasteiger charge is 2.34. The number of benzene rings is 2. The van der Waals surface area contributed by atoms with Gasteiger partial charge in [-0.25, -0.2) is 0 Å². The van der Waals surface area contributed by atoms with Crippen molar-refractivity contribution in [1.29, 1.82) is 0 Å². The highest BCUT2D eigenvalue weighted by atomic mass is 35.5. The maximum atomic E-state index is 13.1. The molecule has 38 heavy (non-hydrogen) atoms. The number of aromatic nitrogens is 2. The normalized spacial score (nSPS) is 15.8. The van der Waals surface area contributed by atoms with Crippen molar-refractivity contribution in [2.75, 3.05) is 36.8 Å². The number of carbonyl (C=O) groups excluding carboxylic acids is 3. The second-order valence-corrected chi connectivity index (χ2v) is 10.5. The second-order valence-electron chi connectivity index (χ2n) is 9.65. The first-order valence-electron chi connectivity index (χ1n) is 12.5. The average Bonchev–Trinajstić information content (AvgIpc) is 3.69. The molecule has 9 nitrogen and oxygen atoms in total. The predicted octanol–water partition coefficient (Wildman–Crippen LogP) is 4.29. The summed E-state index contributed by atoms with van der Waals surface area (Å²) in [5.74, 6) is -0.368. The molecule has 198 valence electrons. The Labute approximate surface area is 230 Å². The number of nitrogens with one attached hydrogen (secondary N) is 2. The van der Waals surface area contributed by atoms with Gasteiger partial charge in [-0.1, -0.05) is 41.4 Å². The quantitative estimate of drug-likeness (QED) is 0.454. The van der Waals surface area contributed by atoms with Crippen molar-refractivity contribution in [2.24, 2.45) is 13.0 Å². The predicted molar refractivity (Wildman–Crippen MR) is 147 cm³/mol. The first kappa shape index (κ1) is 26.2. The Morgan fingerprint density at radius 1 is 0.947 bits per heavy atom. The number of carbonyl (C=O) groups is 3. The lowest BCUT2D eigenvalue weighted by Gasteiger charge is -2.35. The lowest BCUT2D eigenvalue weighted by atomic mass is 10.1. The van der Waals surface area contributed by atoms with Crippen molar-refractivity contribution < 1.29 is 14.4 Å². The molecule has 0 radical (unpaired) electrons. The van der Waals surface area contributed by atoms with Gasteiger partial charge >= 0.3 is 0 Å². The third kappa shape index (κ3) is 6.01. The molecule has 3 amide bonds. The van der Waals surface area contributed by atoms with E-state index in [1.54, 1.807) is 37.5 Å². The van der Waals surface area contributed by atoms with Crippen LogP contribution in [0.25, 0.3) is 0 Å². The van der Waals surface area contributed by atoms with Gasteiger partial charge in [-0.3, -0.25) is 24.0 Å². The van der Waals surface area contributed by atoms with E-state index in [2.05, 4.69) is 20.6 Å². The molecule has 1 saturated carbocycles. The van der Waals surface area contributed by atoms with Gasteiger partial charge in [-0.2, -0.15) is 5.10 Å². The summed E-state index contributed by atoms with van der Waals surface area (Å²) in [4.78, 5) is 42.6. The van der Waals surface area contributed by atoms with Gasteiger partial charge in [0.25, 0.3) is 11.8 Å². The molecule has 2 fully saturated rings. The van der Waals surface area contributed by atoms with E-state index < -0.39 is 5.91 Å². The molecule has 11 heteroatoms.